The second kappa shape index (κ2) is 5.92. The molecular weight excluding hydrogens is 214 g/mol. The van der Waals surface area contributed by atoms with Crippen molar-refractivity contribution in [1.29, 1.82) is 0 Å². The van der Waals surface area contributed by atoms with Crippen molar-refractivity contribution in [3.8, 4) is 0 Å². The minimum atomic E-state index is -3.77. The van der Waals surface area contributed by atoms with E-state index in [1.165, 1.54) is 0 Å². The van der Waals surface area contributed by atoms with Crippen LogP contribution in [0.2, 0.25) is 0 Å². The Morgan fingerprint density at radius 2 is 2.00 bits per heavy atom. The van der Waals surface area contributed by atoms with E-state index >= 15 is 0 Å². The predicted molar refractivity (Wildman–Crippen MR) is 57.1 cm³/mol. The van der Waals surface area contributed by atoms with Crippen LogP contribution in [0, 0.1) is 12.4 Å². The number of aromatic amines is 1. The second-order valence-electron chi connectivity index (χ2n) is 3.51. The Hall–Kier alpha value is -0.810. The van der Waals surface area contributed by atoms with E-state index in [1.807, 2.05) is 6.07 Å². The van der Waals surface area contributed by atoms with Gasteiger partial charge in [-0.25, -0.2) is 0 Å². The molecular formula is C10H15NO3S. The second-order valence-corrected chi connectivity index (χ2v) is 5.09. The van der Waals surface area contributed by atoms with E-state index in [0.717, 1.165) is 31.2 Å². The van der Waals surface area contributed by atoms with Gasteiger partial charge in [-0.15, -0.1) is 0 Å². The lowest BCUT2D eigenvalue weighted by Crippen LogP contribution is -2.03. The molecule has 0 aliphatic rings. The van der Waals surface area contributed by atoms with Crippen LogP contribution in [-0.4, -0.2) is 23.7 Å². The highest BCUT2D eigenvalue weighted by atomic mass is 32.2. The number of hydrogen-bond acceptors (Lipinski definition) is 2. The molecule has 0 atom stereocenters. The van der Waals surface area contributed by atoms with Crippen molar-refractivity contribution in [3.63, 3.8) is 0 Å². The molecule has 1 heterocycles. The highest BCUT2D eigenvalue weighted by Crippen LogP contribution is 2.07. The highest BCUT2D eigenvalue weighted by Gasteiger charge is 2.03. The van der Waals surface area contributed by atoms with Crippen molar-refractivity contribution in [2.75, 3.05) is 5.75 Å². The van der Waals surface area contributed by atoms with Crippen molar-refractivity contribution in [2.45, 2.75) is 32.1 Å². The summed E-state index contributed by atoms with van der Waals surface area (Å²) < 4.78 is 29.3. The topological polar surface area (TPSA) is 70.2 Å². The number of unbranched alkanes of at least 4 members (excludes halogenated alkanes) is 3. The van der Waals surface area contributed by atoms with Gasteiger partial charge >= 0.3 is 0 Å². The Morgan fingerprint density at radius 3 is 2.60 bits per heavy atom. The summed E-state index contributed by atoms with van der Waals surface area (Å²) in [6.45, 7) is 0. The van der Waals surface area contributed by atoms with Crippen LogP contribution in [0.4, 0.5) is 0 Å². The lowest BCUT2D eigenvalue weighted by atomic mass is 10.1. The molecule has 0 saturated heterocycles. The first kappa shape index (κ1) is 12.3. The van der Waals surface area contributed by atoms with Gasteiger partial charge in [-0.3, -0.25) is 4.55 Å². The summed E-state index contributed by atoms with van der Waals surface area (Å²) >= 11 is 0. The van der Waals surface area contributed by atoms with Gasteiger partial charge < -0.3 is 4.98 Å². The van der Waals surface area contributed by atoms with E-state index in [1.54, 1.807) is 0 Å². The van der Waals surface area contributed by atoms with Gasteiger partial charge in [0.2, 0.25) is 0 Å². The summed E-state index contributed by atoms with van der Waals surface area (Å²) in [6.07, 6.45) is 10.0. The molecule has 0 aliphatic heterocycles. The largest absolute Gasteiger partial charge is 0.352 e. The van der Waals surface area contributed by atoms with E-state index < -0.39 is 10.1 Å². The molecule has 0 bridgehead atoms. The predicted octanol–water partition coefficient (Wildman–Crippen LogP) is 1.61. The van der Waals surface area contributed by atoms with Gasteiger partial charge in [0.25, 0.3) is 10.1 Å². The monoisotopic (exact) mass is 229 g/mol. The van der Waals surface area contributed by atoms with Gasteiger partial charge in [0.15, 0.2) is 0 Å². The van der Waals surface area contributed by atoms with Gasteiger partial charge in [-0.2, -0.15) is 8.42 Å². The lowest BCUT2D eigenvalue weighted by Gasteiger charge is -1.99. The number of aryl methyl sites for hydroxylation is 1. The summed E-state index contributed by atoms with van der Waals surface area (Å²) in [4.78, 5) is 2.74. The molecule has 15 heavy (non-hydrogen) atoms. The van der Waals surface area contributed by atoms with Crippen LogP contribution in [-0.2, 0) is 16.5 Å². The summed E-state index contributed by atoms with van der Waals surface area (Å²) in [6, 6.07) is 1.86. The van der Waals surface area contributed by atoms with Gasteiger partial charge in [-0.1, -0.05) is 12.8 Å². The minimum Gasteiger partial charge on any atom is -0.352 e. The molecule has 0 spiro atoms. The van der Waals surface area contributed by atoms with Crippen LogP contribution < -0.4 is 0 Å². The average Bonchev–Trinajstić information content (AvgIpc) is 2.61. The third-order valence-corrected chi connectivity index (χ3v) is 2.94. The van der Waals surface area contributed by atoms with Gasteiger partial charge in [0.1, 0.15) is 0 Å². The third-order valence-electron chi connectivity index (χ3n) is 2.14. The first-order chi connectivity index (χ1) is 7.08. The molecule has 0 aromatic carbocycles. The average molecular weight is 229 g/mol. The maximum Gasteiger partial charge on any atom is 0.264 e. The minimum absolute atomic E-state index is 0.128. The maximum absolute atomic E-state index is 10.4. The fourth-order valence-corrected chi connectivity index (χ4v) is 1.93. The highest BCUT2D eigenvalue weighted by molar-refractivity contribution is 7.85. The van der Waals surface area contributed by atoms with Gasteiger partial charge in [-0.05, 0) is 30.9 Å². The molecule has 0 fully saturated rings. The number of H-pyrrole nitrogens is 1. The Kier molecular flexibility index (Phi) is 4.84. The van der Waals surface area contributed by atoms with Crippen molar-refractivity contribution < 1.29 is 13.0 Å². The summed E-state index contributed by atoms with van der Waals surface area (Å²) in [5, 5.41) is 0. The molecule has 2 radical (unpaired) electrons. The Balaban J connectivity index is 1.99. The number of aromatic nitrogens is 1. The summed E-state index contributed by atoms with van der Waals surface area (Å²) in [5.41, 5.74) is 1.10. The molecule has 0 amide bonds. The first-order valence-electron chi connectivity index (χ1n) is 4.99. The fourth-order valence-electron chi connectivity index (χ4n) is 1.36. The van der Waals surface area contributed by atoms with Crippen LogP contribution in [0.3, 0.4) is 0 Å². The SMILES string of the molecule is O=S(=O)(O)CCCCCCc1[c][nH][c]c1. The van der Waals surface area contributed by atoms with Crippen molar-refractivity contribution in [3.05, 3.63) is 24.0 Å². The molecule has 5 heteroatoms. The van der Waals surface area contributed by atoms with Gasteiger partial charge in [0, 0.05) is 0 Å². The van der Waals surface area contributed by atoms with E-state index in [-0.39, 0.29) is 5.75 Å². The van der Waals surface area contributed by atoms with E-state index in [0.29, 0.717) is 6.42 Å². The number of nitrogens with one attached hydrogen (secondary N) is 1. The molecule has 1 aromatic rings. The van der Waals surface area contributed by atoms with E-state index in [9.17, 15) is 8.42 Å². The smallest absolute Gasteiger partial charge is 0.264 e. The molecule has 1 rings (SSSR count). The quantitative estimate of drug-likeness (QED) is 0.551. The van der Waals surface area contributed by atoms with Crippen LogP contribution >= 0.6 is 0 Å². The van der Waals surface area contributed by atoms with E-state index in [4.69, 9.17) is 4.55 Å². The fraction of sp³-hybridized carbons (Fsp3) is 0.600. The molecule has 0 aliphatic carbocycles. The van der Waals surface area contributed by atoms with Crippen molar-refractivity contribution in [2.24, 2.45) is 0 Å². The number of hydrogen-bond donors (Lipinski definition) is 2. The Morgan fingerprint density at radius 1 is 1.27 bits per heavy atom. The van der Waals surface area contributed by atoms with Crippen LogP contribution in [0.1, 0.15) is 31.2 Å². The third kappa shape index (κ3) is 6.30. The molecule has 1 aromatic heterocycles. The Labute approximate surface area is 90.5 Å². The molecule has 2 N–H and O–H groups in total. The number of rotatable bonds is 7. The summed E-state index contributed by atoms with van der Waals surface area (Å²) in [7, 11) is -3.77. The van der Waals surface area contributed by atoms with Gasteiger partial charge in [0.05, 0.1) is 18.1 Å². The zero-order chi connectivity index (χ0) is 11.1. The first-order valence-corrected chi connectivity index (χ1v) is 6.59. The van der Waals surface area contributed by atoms with Crippen LogP contribution in [0.25, 0.3) is 0 Å². The normalized spacial score (nSPS) is 11.8. The van der Waals surface area contributed by atoms with Crippen molar-refractivity contribution in [1.82, 2.24) is 4.98 Å². The maximum atomic E-state index is 10.4. The van der Waals surface area contributed by atoms with Crippen LogP contribution in [0.15, 0.2) is 6.07 Å². The Bertz CT molecular complexity index is 356. The molecule has 0 unspecified atom stereocenters. The van der Waals surface area contributed by atoms with E-state index in [2.05, 4.69) is 17.4 Å². The molecule has 84 valence electrons. The molecule has 0 saturated carbocycles. The lowest BCUT2D eigenvalue weighted by molar-refractivity contribution is 0.479. The zero-order valence-electron chi connectivity index (χ0n) is 8.49. The van der Waals surface area contributed by atoms with Crippen LogP contribution in [0.5, 0.6) is 0 Å². The van der Waals surface area contributed by atoms with Crippen molar-refractivity contribution >= 4 is 10.1 Å². The summed E-state index contributed by atoms with van der Waals surface area (Å²) in [5.74, 6) is -0.128. The molecule has 4 nitrogen and oxygen atoms in total. The standard InChI is InChI=1S/C10H15NO3S/c12-15(13,14)8-4-2-1-3-5-10-6-7-11-9-10/h6,11H,1-5,8H2,(H,12,13,14). The zero-order valence-corrected chi connectivity index (χ0v) is 9.31.